The van der Waals surface area contributed by atoms with Crippen molar-refractivity contribution in [2.75, 3.05) is 25.0 Å². The van der Waals surface area contributed by atoms with E-state index in [1.165, 1.54) is 0 Å². The summed E-state index contributed by atoms with van der Waals surface area (Å²) in [6.07, 6.45) is 5.83. The van der Waals surface area contributed by atoms with Gasteiger partial charge in [0.05, 0.1) is 35.6 Å². The van der Waals surface area contributed by atoms with Crippen LogP contribution in [0.5, 0.6) is 0 Å². The number of aryl methyl sites for hydroxylation is 2. The maximum absolute atomic E-state index is 12.2. The molecule has 1 saturated heterocycles. The number of pyridine rings is 1. The van der Waals surface area contributed by atoms with Crippen LogP contribution in [-0.4, -0.2) is 61.2 Å². The highest BCUT2D eigenvalue weighted by atomic mass is 16.6. The van der Waals surface area contributed by atoms with Gasteiger partial charge in [-0.25, -0.2) is 19.7 Å². The van der Waals surface area contributed by atoms with Crippen LogP contribution in [0.15, 0.2) is 24.8 Å². The summed E-state index contributed by atoms with van der Waals surface area (Å²) < 4.78 is 7.40. The number of hydrogen-bond donors (Lipinski definition) is 0. The van der Waals surface area contributed by atoms with Gasteiger partial charge in [0.1, 0.15) is 16.9 Å². The number of carbonyl (C=O) groups is 1. The summed E-state index contributed by atoms with van der Waals surface area (Å²) in [5.41, 5.74) is 3.19. The number of fused-ring (bicyclic) bond motifs is 1. The van der Waals surface area contributed by atoms with E-state index in [1.54, 1.807) is 17.4 Å². The Bertz CT molecular complexity index is 1110. The Morgan fingerprint density at radius 1 is 1.23 bits per heavy atom. The Balaban J connectivity index is 1.51. The Hall–Kier alpha value is -3.23. The van der Waals surface area contributed by atoms with Crippen molar-refractivity contribution >= 4 is 28.8 Å². The first kappa shape index (κ1) is 21.0. The van der Waals surface area contributed by atoms with Crippen molar-refractivity contribution in [3.05, 3.63) is 36.2 Å². The number of anilines is 2. The molecule has 1 aliphatic heterocycles. The first-order valence-corrected chi connectivity index (χ1v) is 10.5. The fourth-order valence-corrected chi connectivity index (χ4v) is 3.60. The maximum atomic E-state index is 12.2. The van der Waals surface area contributed by atoms with Crippen LogP contribution in [0.4, 0.5) is 16.4 Å². The predicted octanol–water partition coefficient (Wildman–Crippen LogP) is 3.42. The summed E-state index contributed by atoms with van der Waals surface area (Å²) >= 11 is 0. The third-order valence-corrected chi connectivity index (χ3v) is 5.39. The first-order chi connectivity index (χ1) is 14.7. The van der Waals surface area contributed by atoms with Crippen molar-refractivity contribution in [2.45, 2.75) is 45.6 Å². The minimum Gasteiger partial charge on any atom is -0.444 e. The molecule has 3 aromatic heterocycles. The number of hydrogen-bond acceptors (Lipinski definition) is 7. The number of carbonyl (C=O) groups excluding carboxylic acids is 1. The molecule has 0 atom stereocenters. The van der Waals surface area contributed by atoms with Gasteiger partial charge in [0.25, 0.3) is 0 Å². The van der Waals surface area contributed by atoms with Crippen molar-refractivity contribution in [1.29, 1.82) is 0 Å². The third-order valence-electron chi connectivity index (χ3n) is 5.39. The molecule has 164 valence electrons. The average molecular weight is 424 g/mol. The standard InChI is InChI=1S/C22H29N7O2/c1-7-15-20(28(6)19-8-18-17(10-23-19)25-13-27(18)5)24-9-16(26-15)14-11-29(12-14)21(30)31-22(2,3)4/h8-10,13-14H,7,11-12H2,1-6H3. The Morgan fingerprint density at radius 3 is 2.65 bits per heavy atom. The molecule has 4 rings (SSSR count). The Morgan fingerprint density at radius 2 is 1.97 bits per heavy atom. The number of rotatable bonds is 4. The average Bonchev–Trinajstić information content (AvgIpc) is 3.05. The van der Waals surface area contributed by atoms with Crippen LogP contribution in [0.1, 0.15) is 45.0 Å². The summed E-state index contributed by atoms with van der Waals surface area (Å²) in [7, 11) is 3.91. The van der Waals surface area contributed by atoms with E-state index in [-0.39, 0.29) is 12.0 Å². The molecule has 1 fully saturated rings. The van der Waals surface area contributed by atoms with E-state index in [9.17, 15) is 4.79 Å². The molecule has 4 heterocycles. The summed E-state index contributed by atoms with van der Waals surface area (Å²) in [4.78, 5) is 34.3. The van der Waals surface area contributed by atoms with Gasteiger partial charge in [0, 0.05) is 39.2 Å². The molecule has 0 bridgehead atoms. The Kier molecular flexibility index (Phi) is 5.28. The lowest BCUT2D eigenvalue weighted by molar-refractivity contribution is 0.00783. The van der Waals surface area contributed by atoms with E-state index < -0.39 is 5.60 Å². The van der Waals surface area contributed by atoms with E-state index in [4.69, 9.17) is 14.7 Å². The molecule has 0 N–H and O–H groups in total. The lowest BCUT2D eigenvalue weighted by Gasteiger charge is -2.39. The fraction of sp³-hybridized carbons (Fsp3) is 0.500. The summed E-state index contributed by atoms with van der Waals surface area (Å²) in [5, 5.41) is 0. The van der Waals surface area contributed by atoms with E-state index in [0.717, 1.165) is 40.5 Å². The van der Waals surface area contributed by atoms with Crippen LogP contribution < -0.4 is 4.90 Å². The van der Waals surface area contributed by atoms with Gasteiger partial charge in [-0.15, -0.1) is 0 Å². The highest BCUT2D eigenvalue weighted by Gasteiger charge is 2.36. The van der Waals surface area contributed by atoms with E-state index in [0.29, 0.717) is 13.1 Å². The number of ether oxygens (including phenoxy) is 1. The van der Waals surface area contributed by atoms with Crippen LogP contribution >= 0.6 is 0 Å². The number of nitrogens with zero attached hydrogens (tertiary/aromatic N) is 7. The van der Waals surface area contributed by atoms with Crippen LogP contribution in [-0.2, 0) is 18.2 Å². The molecule has 0 aromatic carbocycles. The van der Waals surface area contributed by atoms with Gasteiger partial charge in [-0.05, 0) is 27.2 Å². The van der Waals surface area contributed by atoms with E-state index >= 15 is 0 Å². The van der Waals surface area contributed by atoms with Crippen LogP contribution in [0.3, 0.4) is 0 Å². The molecule has 1 aliphatic rings. The normalized spacial score (nSPS) is 14.6. The fourth-order valence-electron chi connectivity index (χ4n) is 3.60. The molecule has 0 saturated carbocycles. The number of amides is 1. The van der Waals surface area contributed by atoms with Crippen LogP contribution in [0.25, 0.3) is 11.0 Å². The molecule has 0 spiro atoms. The van der Waals surface area contributed by atoms with Gasteiger partial charge in [-0.2, -0.15) is 0 Å². The molecule has 31 heavy (non-hydrogen) atoms. The molecule has 0 unspecified atom stereocenters. The first-order valence-electron chi connectivity index (χ1n) is 10.5. The summed E-state index contributed by atoms with van der Waals surface area (Å²) in [6, 6.07) is 2.00. The van der Waals surface area contributed by atoms with Crippen LogP contribution in [0, 0.1) is 0 Å². The minimum absolute atomic E-state index is 0.175. The number of likely N-dealkylation sites (tertiary alicyclic amines) is 1. The zero-order chi connectivity index (χ0) is 22.3. The smallest absolute Gasteiger partial charge is 0.410 e. The Labute approximate surface area is 182 Å². The SMILES string of the molecule is CCc1nc(C2CN(C(=O)OC(C)(C)C)C2)cnc1N(C)c1cc2c(cn1)ncn2C. The lowest BCUT2D eigenvalue weighted by atomic mass is 9.97. The largest absolute Gasteiger partial charge is 0.444 e. The number of imidazole rings is 1. The molecule has 1 amide bonds. The molecule has 9 heteroatoms. The lowest BCUT2D eigenvalue weighted by Crippen LogP contribution is -2.50. The third kappa shape index (κ3) is 4.17. The second kappa shape index (κ2) is 7.79. The number of aromatic nitrogens is 5. The molecule has 0 radical (unpaired) electrons. The van der Waals surface area contributed by atoms with Crippen LogP contribution in [0.2, 0.25) is 0 Å². The highest BCUT2D eigenvalue weighted by molar-refractivity contribution is 5.78. The topological polar surface area (TPSA) is 89.3 Å². The van der Waals surface area contributed by atoms with Crippen molar-refractivity contribution in [1.82, 2.24) is 29.4 Å². The van der Waals surface area contributed by atoms with Crippen molar-refractivity contribution in [3.63, 3.8) is 0 Å². The molecular weight excluding hydrogens is 394 g/mol. The summed E-state index contributed by atoms with van der Waals surface area (Å²) in [6.45, 7) is 8.88. The predicted molar refractivity (Wildman–Crippen MR) is 119 cm³/mol. The van der Waals surface area contributed by atoms with Gasteiger partial charge in [-0.1, -0.05) is 6.92 Å². The van der Waals surface area contributed by atoms with Gasteiger partial charge in [0.2, 0.25) is 0 Å². The summed E-state index contributed by atoms with van der Waals surface area (Å²) in [5.74, 6) is 1.74. The van der Waals surface area contributed by atoms with Gasteiger partial charge in [0.15, 0.2) is 5.82 Å². The molecule has 0 aliphatic carbocycles. The van der Waals surface area contributed by atoms with Gasteiger partial charge < -0.3 is 19.1 Å². The zero-order valence-electron chi connectivity index (χ0n) is 19.0. The molecule has 3 aromatic rings. The van der Waals surface area contributed by atoms with Crippen molar-refractivity contribution < 1.29 is 9.53 Å². The highest BCUT2D eigenvalue weighted by Crippen LogP contribution is 2.30. The second-order valence-electron chi connectivity index (χ2n) is 8.95. The monoisotopic (exact) mass is 423 g/mol. The maximum Gasteiger partial charge on any atom is 0.410 e. The van der Waals surface area contributed by atoms with Gasteiger partial charge in [-0.3, -0.25) is 4.98 Å². The minimum atomic E-state index is -0.490. The van der Waals surface area contributed by atoms with Crippen molar-refractivity contribution in [2.24, 2.45) is 7.05 Å². The quantitative estimate of drug-likeness (QED) is 0.635. The zero-order valence-corrected chi connectivity index (χ0v) is 19.0. The van der Waals surface area contributed by atoms with E-state index in [2.05, 4.69) is 16.9 Å². The molecule has 9 nitrogen and oxygen atoms in total. The molecular formula is C22H29N7O2. The second-order valence-corrected chi connectivity index (χ2v) is 8.95. The van der Waals surface area contributed by atoms with Crippen molar-refractivity contribution in [3.8, 4) is 0 Å². The van der Waals surface area contributed by atoms with Gasteiger partial charge >= 0.3 is 6.09 Å². The van der Waals surface area contributed by atoms with E-state index in [1.807, 2.05) is 56.6 Å².